The quantitative estimate of drug-likeness (QED) is 0.173. The maximum Gasteiger partial charge on any atom is 0.0616 e. The van der Waals surface area contributed by atoms with Crippen molar-refractivity contribution in [3.63, 3.8) is 0 Å². The van der Waals surface area contributed by atoms with E-state index in [1.165, 1.54) is 33.0 Å². The summed E-state index contributed by atoms with van der Waals surface area (Å²) >= 11 is 0. The average molecular weight is 670 g/mol. The van der Waals surface area contributed by atoms with E-state index in [0.29, 0.717) is 23.8 Å². The molecule has 187 valence electrons. The Morgan fingerprint density at radius 2 is 1.37 bits per heavy atom. The van der Waals surface area contributed by atoms with E-state index >= 15 is 0 Å². The zero-order chi connectivity index (χ0) is 27.9. The van der Waals surface area contributed by atoms with Crippen LogP contribution in [-0.2, 0) is 25.5 Å². The first-order chi connectivity index (χ1) is 19.3. The van der Waals surface area contributed by atoms with Crippen LogP contribution in [0.2, 0.25) is 0 Å². The van der Waals surface area contributed by atoms with Gasteiger partial charge in [0.25, 0.3) is 0 Å². The van der Waals surface area contributed by atoms with Crippen LogP contribution in [-0.4, -0.2) is 9.97 Å². The third kappa shape index (κ3) is 4.60. The molecule has 0 saturated carbocycles. The van der Waals surface area contributed by atoms with E-state index in [0.717, 1.165) is 16.8 Å². The van der Waals surface area contributed by atoms with Crippen LogP contribution in [0.15, 0.2) is 122 Å². The summed E-state index contributed by atoms with van der Waals surface area (Å²) in [5, 5.41) is 2.57. The van der Waals surface area contributed by atoms with Gasteiger partial charge in [-0.1, -0.05) is 80.0 Å². The van der Waals surface area contributed by atoms with E-state index in [9.17, 15) is 0 Å². The standard InChI is InChI=1S/C24H18N.C11H8N.Ir/c1-24(2)22-17-9-4-3-8-16(17)13-14-19(22)18-10-7-11-20(23(18)24)21-12-5-6-15-25-21;1-2-6-10(7-3-1)11-8-4-5-9-12-11;/h3-10,12-15H,1-2H3;1-6,8-9H;/q2*-1;/i5D;2D,4D;. The number of nitrogens with zero attached hydrogens (tertiary/aromatic N) is 2. The van der Waals surface area contributed by atoms with Gasteiger partial charge in [0.2, 0.25) is 0 Å². The molecule has 3 heteroatoms. The first-order valence-corrected chi connectivity index (χ1v) is 12.2. The molecule has 0 amide bonds. The summed E-state index contributed by atoms with van der Waals surface area (Å²) < 4.78 is 22.8. The predicted octanol–water partition coefficient (Wildman–Crippen LogP) is 8.55. The molecule has 0 spiro atoms. The van der Waals surface area contributed by atoms with Crippen molar-refractivity contribution >= 4 is 10.8 Å². The molecule has 1 aliphatic carbocycles. The van der Waals surface area contributed by atoms with Crippen molar-refractivity contribution in [2.75, 3.05) is 0 Å². The molecule has 0 fully saturated rings. The van der Waals surface area contributed by atoms with Gasteiger partial charge in [-0.05, 0) is 50.8 Å². The van der Waals surface area contributed by atoms with E-state index in [1.807, 2.05) is 12.1 Å². The van der Waals surface area contributed by atoms with Crippen molar-refractivity contribution in [1.82, 2.24) is 9.97 Å². The largest absolute Gasteiger partial charge is 0.305 e. The number of hydrogen-bond donors (Lipinski definition) is 0. The summed E-state index contributed by atoms with van der Waals surface area (Å²) in [5.41, 5.74) is 8.28. The van der Waals surface area contributed by atoms with Gasteiger partial charge in [-0.25, -0.2) is 0 Å². The van der Waals surface area contributed by atoms with Crippen molar-refractivity contribution in [3.8, 4) is 33.6 Å². The van der Waals surface area contributed by atoms with E-state index in [1.54, 1.807) is 48.8 Å². The molecule has 2 heterocycles. The molecular weight excluding hydrogens is 641 g/mol. The molecule has 0 bridgehead atoms. The number of benzene rings is 4. The molecule has 0 atom stereocenters. The molecule has 1 radical (unpaired) electrons. The van der Waals surface area contributed by atoms with Crippen LogP contribution in [0.4, 0.5) is 0 Å². The van der Waals surface area contributed by atoms with Crippen LogP contribution in [0, 0.1) is 12.1 Å². The molecule has 6 aromatic rings. The van der Waals surface area contributed by atoms with Gasteiger partial charge in [-0.2, -0.15) is 0 Å². The Morgan fingerprint density at radius 3 is 2.16 bits per heavy atom. The minimum absolute atomic E-state index is 0. The Balaban J connectivity index is 0.000000192. The number of hydrogen-bond acceptors (Lipinski definition) is 2. The van der Waals surface area contributed by atoms with Crippen LogP contribution in [0.1, 0.15) is 29.1 Å². The summed E-state index contributed by atoms with van der Waals surface area (Å²) in [6.07, 6.45) is 3.29. The van der Waals surface area contributed by atoms with Gasteiger partial charge >= 0.3 is 0 Å². The molecule has 4 aromatic carbocycles. The first kappa shape index (κ1) is 22.1. The van der Waals surface area contributed by atoms with E-state index in [4.69, 9.17) is 4.11 Å². The van der Waals surface area contributed by atoms with E-state index < -0.39 is 0 Å². The third-order valence-electron chi connectivity index (χ3n) is 6.85. The van der Waals surface area contributed by atoms with Crippen molar-refractivity contribution in [3.05, 3.63) is 145 Å². The van der Waals surface area contributed by atoms with Crippen molar-refractivity contribution in [2.24, 2.45) is 0 Å². The van der Waals surface area contributed by atoms with E-state index in [-0.39, 0.29) is 25.5 Å². The van der Waals surface area contributed by atoms with Crippen LogP contribution < -0.4 is 0 Å². The summed E-state index contributed by atoms with van der Waals surface area (Å²) in [4.78, 5) is 8.64. The second kappa shape index (κ2) is 10.8. The Kier molecular flexibility index (Phi) is 6.30. The van der Waals surface area contributed by atoms with Crippen LogP contribution in [0.25, 0.3) is 44.4 Å². The zero-order valence-corrected chi connectivity index (χ0v) is 23.4. The Bertz CT molecular complexity index is 1840. The third-order valence-corrected chi connectivity index (χ3v) is 6.85. The molecule has 2 aromatic heterocycles. The molecule has 38 heavy (non-hydrogen) atoms. The van der Waals surface area contributed by atoms with Gasteiger partial charge in [-0.3, -0.25) is 0 Å². The monoisotopic (exact) mass is 670 g/mol. The summed E-state index contributed by atoms with van der Waals surface area (Å²) in [6.45, 7) is 4.57. The van der Waals surface area contributed by atoms with Crippen molar-refractivity contribution in [1.29, 1.82) is 0 Å². The maximum atomic E-state index is 7.96. The van der Waals surface area contributed by atoms with Crippen LogP contribution in [0.3, 0.4) is 0 Å². The SMILES string of the molecule is [2H]c1cc[c-]c(-c2cc([2H])ccn2)c1.[2H]c1ccnc(-c2[c-]ccc3c2C(C)(C)c2c-3ccc3ccccc23)c1.[Ir]. The molecule has 7 rings (SSSR count). The first-order valence-electron chi connectivity index (χ1n) is 13.7. The summed E-state index contributed by atoms with van der Waals surface area (Å²) in [6, 6.07) is 36.7. The molecular formula is C35H26IrN2-2. The van der Waals surface area contributed by atoms with Gasteiger partial charge in [0.15, 0.2) is 0 Å². The van der Waals surface area contributed by atoms with Crippen LogP contribution in [0.5, 0.6) is 0 Å². The van der Waals surface area contributed by atoms with Crippen molar-refractivity contribution in [2.45, 2.75) is 19.3 Å². The number of pyridine rings is 2. The summed E-state index contributed by atoms with van der Waals surface area (Å²) in [7, 11) is 0. The molecule has 0 saturated heterocycles. The average Bonchev–Trinajstić information content (AvgIpc) is 3.20. The molecule has 0 N–H and O–H groups in total. The summed E-state index contributed by atoms with van der Waals surface area (Å²) in [5.74, 6) is 0. The number of fused-ring (bicyclic) bond motifs is 5. The molecule has 2 nitrogen and oxygen atoms in total. The van der Waals surface area contributed by atoms with Gasteiger partial charge < -0.3 is 9.97 Å². The van der Waals surface area contributed by atoms with Gasteiger partial charge in [-0.15, -0.1) is 65.2 Å². The normalized spacial score (nSPS) is 13.6. The predicted molar refractivity (Wildman–Crippen MR) is 152 cm³/mol. The fourth-order valence-electron chi connectivity index (χ4n) is 5.30. The smallest absolute Gasteiger partial charge is 0.0616 e. The molecule has 0 aliphatic heterocycles. The van der Waals surface area contributed by atoms with Crippen molar-refractivity contribution < 1.29 is 24.2 Å². The van der Waals surface area contributed by atoms with Crippen LogP contribution >= 0.6 is 0 Å². The minimum atomic E-state index is -0.154. The second-order valence-electron chi connectivity index (χ2n) is 9.46. The maximum absolute atomic E-state index is 7.96. The van der Waals surface area contributed by atoms with Gasteiger partial charge in [0.05, 0.1) is 2.74 Å². The Labute approximate surface area is 242 Å². The molecule has 1 aliphatic rings. The Hall–Kier alpha value is -3.91. The number of rotatable bonds is 2. The van der Waals surface area contributed by atoms with Gasteiger partial charge in [0, 0.05) is 33.9 Å². The Morgan fingerprint density at radius 1 is 0.658 bits per heavy atom. The van der Waals surface area contributed by atoms with E-state index in [2.05, 4.69) is 78.4 Å². The minimum Gasteiger partial charge on any atom is -0.305 e. The molecule has 0 unspecified atom stereocenters. The fraction of sp³-hybridized carbons (Fsp3) is 0.0857. The van der Waals surface area contributed by atoms with Gasteiger partial charge in [0.1, 0.15) is 0 Å². The topological polar surface area (TPSA) is 25.8 Å². The number of aromatic nitrogens is 2. The second-order valence-corrected chi connectivity index (χ2v) is 9.46. The fourth-order valence-corrected chi connectivity index (χ4v) is 5.30. The zero-order valence-electron chi connectivity index (χ0n) is 24.0.